The van der Waals surface area contributed by atoms with Gasteiger partial charge in [0.1, 0.15) is 0 Å². The van der Waals surface area contributed by atoms with E-state index in [0.29, 0.717) is 0 Å². The van der Waals surface area contributed by atoms with Crippen LogP contribution in [-0.2, 0) is 0 Å². The molecule has 0 amide bonds. The Morgan fingerprint density at radius 2 is 0.633 bits per heavy atom. The molecule has 0 bridgehead atoms. The molecular formula is C30H18. The highest BCUT2D eigenvalue weighted by molar-refractivity contribution is 5.79. The van der Waals surface area contributed by atoms with Crippen LogP contribution in [0.4, 0.5) is 0 Å². The maximum absolute atomic E-state index is 5.71. The van der Waals surface area contributed by atoms with Crippen LogP contribution in [0.3, 0.4) is 0 Å². The van der Waals surface area contributed by atoms with Crippen LogP contribution in [0.2, 0.25) is 0 Å². The van der Waals surface area contributed by atoms with E-state index in [-0.39, 0.29) is 0 Å². The Morgan fingerprint density at radius 3 is 0.967 bits per heavy atom. The van der Waals surface area contributed by atoms with Crippen LogP contribution in [0.15, 0.2) is 97.1 Å². The van der Waals surface area contributed by atoms with E-state index >= 15 is 0 Å². The van der Waals surface area contributed by atoms with Gasteiger partial charge < -0.3 is 0 Å². The first-order valence-corrected chi connectivity index (χ1v) is 9.64. The first kappa shape index (κ1) is 18.9. The summed E-state index contributed by atoms with van der Waals surface area (Å²) in [6, 6.07) is 32.0. The van der Waals surface area contributed by atoms with E-state index in [1.54, 1.807) is 0 Å². The molecular weight excluding hydrogens is 360 g/mol. The van der Waals surface area contributed by atoms with E-state index in [1.165, 1.54) is 0 Å². The van der Waals surface area contributed by atoms with Crippen molar-refractivity contribution in [1.82, 2.24) is 0 Å². The molecule has 0 saturated carbocycles. The molecule has 0 heteroatoms. The molecule has 0 atom stereocenters. The Morgan fingerprint density at radius 1 is 0.367 bits per heavy atom. The predicted molar refractivity (Wildman–Crippen MR) is 126 cm³/mol. The molecule has 0 unspecified atom stereocenters. The van der Waals surface area contributed by atoms with Crippen molar-refractivity contribution >= 4 is 0 Å². The average Bonchev–Trinajstić information content (AvgIpc) is 2.83. The van der Waals surface area contributed by atoms with Crippen molar-refractivity contribution in [2.75, 3.05) is 0 Å². The molecule has 0 spiro atoms. The summed E-state index contributed by atoms with van der Waals surface area (Å²) in [4.78, 5) is 0. The fourth-order valence-electron chi connectivity index (χ4n) is 3.48. The minimum Gasteiger partial charge on any atom is -0.115 e. The Labute approximate surface area is 178 Å². The maximum Gasteiger partial charge on any atom is 0.0327 e. The molecule has 0 aliphatic rings. The molecule has 4 rings (SSSR count). The second-order valence-electron chi connectivity index (χ2n) is 6.72. The van der Waals surface area contributed by atoms with Gasteiger partial charge in [-0.1, -0.05) is 96.5 Å². The molecule has 0 radical (unpaired) electrons. The lowest BCUT2D eigenvalue weighted by Crippen LogP contribution is -1.90. The molecule has 0 N–H and O–H groups in total. The van der Waals surface area contributed by atoms with Gasteiger partial charge >= 0.3 is 0 Å². The van der Waals surface area contributed by atoms with Gasteiger partial charge in [0.2, 0.25) is 0 Å². The lowest BCUT2D eigenvalue weighted by atomic mass is 9.94. The molecule has 138 valence electrons. The number of terminal acetylenes is 2. The Bertz CT molecular complexity index is 1260. The average molecular weight is 378 g/mol. The molecule has 4 aromatic rings. The minimum absolute atomic E-state index is 0.857. The Balaban J connectivity index is 1.83. The van der Waals surface area contributed by atoms with Crippen LogP contribution in [0.5, 0.6) is 0 Å². The van der Waals surface area contributed by atoms with E-state index in [0.717, 1.165) is 44.5 Å². The fourth-order valence-corrected chi connectivity index (χ4v) is 3.48. The van der Waals surface area contributed by atoms with E-state index in [1.807, 2.05) is 84.9 Å². The lowest BCUT2D eigenvalue weighted by Gasteiger charge is -2.08. The van der Waals surface area contributed by atoms with Gasteiger partial charge in [0, 0.05) is 22.3 Å². The van der Waals surface area contributed by atoms with Crippen molar-refractivity contribution < 1.29 is 0 Å². The third kappa shape index (κ3) is 3.75. The first-order valence-electron chi connectivity index (χ1n) is 9.64. The summed E-state index contributed by atoms with van der Waals surface area (Å²) in [5.41, 5.74) is 7.65. The zero-order valence-corrected chi connectivity index (χ0v) is 16.4. The number of rotatable bonds is 2. The lowest BCUT2D eigenvalue weighted by molar-refractivity contribution is 1.54. The summed E-state index contributed by atoms with van der Waals surface area (Å²) >= 11 is 0. The smallest absolute Gasteiger partial charge is 0.0327 e. The minimum atomic E-state index is 0.857. The predicted octanol–water partition coefficient (Wildman–Crippen LogP) is 6.38. The molecule has 30 heavy (non-hydrogen) atoms. The number of hydrogen-bond acceptors (Lipinski definition) is 0. The monoisotopic (exact) mass is 378 g/mol. The zero-order chi connectivity index (χ0) is 20.8. The maximum atomic E-state index is 5.71. The fraction of sp³-hybridized carbons (Fsp3) is 0. The standard InChI is InChI=1S/C30H18/c1-3-23-13-5-9-17-27(23)29-19-11-7-15-25(29)21-22-26-16-8-12-20-30(26)28-18-10-6-14-24(28)4-2/h1-2,5-20H. The molecule has 0 heterocycles. The largest absolute Gasteiger partial charge is 0.115 e. The van der Waals surface area contributed by atoms with Gasteiger partial charge in [-0.15, -0.1) is 12.8 Å². The van der Waals surface area contributed by atoms with E-state index in [2.05, 4.69) is 35.8 Å². The highest BCUT2D eigenvalue weighted by Crippen LogP contribution is 2.28. The second-order valence-corrected chi connectivity index (χ2v) is 6.72. The van der Waals surface area contributed by atoms with Crippen LogP contribution in [0.25, 0.3) is 22.3 Å². The van der Waals surface area contributed by atoms with Crippen molar-refractivity contribution in [3.05, 3.63) is 119 Å². The molecule has 0 fully saturated rings. The van der Waals surface area contributed by atoms with Crippen molar-refractivity contribution in [2.45, 2.75) is 0 Å². The first-order chi connectivity index (χ1) is 14.8. The van der Waals surface area contributed by atoms with Gasteiger partial charge in [0.15, 0.2) is 0 Å². The molecule has 0 saturated heterocycles. The van der Waals surface area contributed by atoms with Gasteiger partial charge in [-0.2, -0.15) is 0 Å². The van der Waals surface area contributed by atoms with Gasteiger partial charge in [-0.3, -0.25) is 0 Å². The second kappa shape index (κ2) is 8.71. The van der Waals surface area contributed by atoms with E-state index in [4.69, 9.17) is 12.8 Å². The summed E-state index contributed by atoms with van der Waals surface area (Å²) < 4.78 is 0. The highest BCUT2D eigenvalue weighted by atomic mass is 14.1. The van der Waals surface area contributed by atoms with E-state index < -0.39 is 0 Å². The van der Waals surface area contributed by atoms with Gasteiger partial charge in [-0.05, 0) is 46.5 Å². The van der Waals surface area contributed by atoms with Crippen LogP contribution in [0.1, 0.15) is 22.3 Å². The van der Waals surface area contributed by atoms with Crippen LogP contribution >= 0.6 is 0 Å². The molecule has 0 aliphatic carbocycles. The molecule has 0 aliphatic heterocycles. The summed E-state index contributed by atoms with van der Waals surface area (Å²) in [6.07, 6.45) is 11.4. The SMILES string of the molecule is C#Cc1ccccc1-c1ccccc1C#Cc1ccccc1-c1ccccc1C#C. The number of hydrogen-bond donors (Lipinski definition) is 0. The Kier molecular flexibility index (Phi) is 5.49. The van der Waals surface area contributed by atoms with Gasteiger partial charge in [0.25, 0.3) is 0 Å². The molecule has 4 aromatic carbocycles. The van der Waals surface area contributed by atoms with Crippen LogP contribution in [0, 0.1) is 36.5 Å². The summed E-state index contributed by atoms with van der Waals surface area (Å²) in [5.74, 6) is 12.3. The van der Waals surface area contributed by atoms with Gasteiger partial charge in [0.05, 0.1) is 0 Å². The third-order valence-corrected chi connectivity index (χ3v) is 4.93. The third-order valence-electron chi connectivity index (χ3n) is 4.93. The topological polar surface area (TPSA) is 0 Å². The van der Waals surface area contributed by atoms with Crippen molar-refractivity contribution in [2.24, 2.45) is 0 Å². The van der Waals surface area contributed by atoms with Gasteiger partial charge in [-0.25, -0.2) is 0 Å². The highest BCUT2D eigenvalue weighted by Gasteiger charge is 2.08. The van der Waals surface area contributed by atoms with Crippen LogP contribution in [-0.4, -0.2) is 0 Å². The quantitative estimate of drug-likeness (QED) is 0.355. The number of benzene rings is 4. The summed E-state index contributed by atoms with van der Waals surface area (Å²) in [6.45, 7) is 0. The van der Waals surface area contributed by atoms with Crippen molar-refractivity contribution in [1.29, 1.82) is 0 Å². The van der Waals surface area contributed by atoms with Crippen LogP contribution < -0.4 is 0 Å². The normalized spacial score (nSPS) is 9.67. The van der Waals surface area contributed by atoms with E-state index in [9.17, 15) is 0 Å². The molecule has 0 nitrogen and oxygen atoms in total. The summed E-state index contributed by atoms with van der Waals surface area (Å²) in [7, 11) is 0. The van der Waals surface area contributed by atoms with Crippen molar-refractivity contribution in [3.63, 3.8) is 0 Å². The zero-order valence-electron chi connectivity index (χ0n) is 16.4. The Hall–Kier alpha value is -4.44. The molecule has 0 aromatic heterocycles. The summed E-state index contributed by atoms with van der Waals surface area (Å²) in [5, 5.41) is 0. The van der Waals surface area contributed by atoms with Crippen molar-refractivity contribution in [3.8, 4) is 58.8 Å².